The van der Waals surface area contributed by atoms with Gasteiger partial charge in [0.2, 0.25) is 0 Å². The Morgan fingerprint density at radius 3 is 2.68 bits per heavy atom. The molecule has 1 spiro atoms. The number of rotatable bonds is 8. The molecule has 0 amide bonds. The Morgan fingerprint density at radius 2 is 2.14 bits per heavy atom. The van der Waals surface area contributed by atoms with Crippen LogP contribution in [0.25, 0.3) is 0 Å². The molecule has 4 nitrogen and oxygen atoms in total. The molecular weight excluding hydrogens is 409 g/mol. The van der Waals surface area contributed by atoms with Gasteiger partial charge < -0.3 is 15.4 Å². The van der Waals surface area contributed by atoms with Crippen LogP contribution in [-0.4, -0.2) is 50.3 Å². The first-order valence-corrected chi connectivity index (χ1v) is 9.74. The first-order chi connectivity index (χ1) is 10.3. The van der Waals surface area contributed by atoms with Crippen molar-refractivity contribution in [3.05, 3.63) is 0 Å². The molecule has 2 atom stereocenters. The number of aliphatic imine (C=N–C) groups is 1. The van der Waals surface area contributed by atoms with E-state index in [0.717, 1.165) is 25.5 Å². The highest BCUT2D eigenvalue weighted by Gasteiger charge is 2.59. The Hall–Kier alpha value is 0.310. The first kappa shape index (κ1) is 20.4. The van der Waals surface area contributed by atoms with Gasteiger partial charge in [0, 0.05) is 31.7 Å². The summed E-state index contributed by atoms with van der Waals surface area (Å²) in [6.45, 7) is 3.94. The van der Waals surface area contributed by atoms with Crippen LogP contribution in [-0.2, 0) is 4.74 Å². The minimum atomic E-state index is 0. The van der Waals surface area contributed by atoms with E-state index in [-0.39, 0.29) is 24.0 Å². The molecule has 2 saturated carbocycles. The summed E-state index contributed by atoms with van der Waals surface area (Å²) in [5.74, 6) is 2.21. The molecule has 2 rings (SSSR count). The summed E-state index contributed by atoms with van der Waals surface area (Å²) in [5, 5.41) is 7.08. The number of halogens is 1. The van der Waals surface area contributed by atoms with E-state index in [9.17, 15) is 0 Å². The van der Waals surface area contributed by atoms with Crippen LogP contribution >= 0.6 is 35.7 Å². The summed E-state index contributed by atoms with van der Waals surface area (Å²) < 4.78 is 5.90. The van der Waals surface area contributed by atoms with Gasteiger partial charge >= 0.3 is 0 Å². The van der Waals surface area contributed by atoms with E-state index < -0.39 is 0 Å². The van der Waals surface area contributed by atoms with Crippen molar-refractivity contribution < 1.29 is 4.74 Å². The van der Waals surface area contributed by atoms with Gasteiger partial charge in [-0.25, -0.2) is 0 Å². The summed E-state index contributed by atoms with van der Waals surface area (Å²) in [5.41, 5.74) is 0.395. The van der Waals surface area contributed by atoms with Gasteiger partial charge in [0.1, 0.15) is 0 Å². The molecular formula is C16H32IN3OS. The predicted molar refractivity (Wildman–Crippen MR) is 108 cm³/mol. The third-order valence-electron chi connectivity index (χ3n) is 5.04. The molecule has 2 N–H and O–H groups in total. The quantitative estimate of drug-likeness (QED) is 0.263. The van der Waals surface area contributed by atoms with E-state index in [1.807, 2.05) is 18.8 Å². The van der Waals surface area contributed by atoms with E-state index in [0.29, 0.717) is 17.6 Å². The number of thioether (sulfide) groups is 1. The van der Waals surface area contributed by atoms with Crippen LogP contribution in [0.5, 0.6) is 0 Å². The predicted octanol–water partition coefficient (Wildman–Crippen LogP) is 3.26. The smallest absolute Gasteiger partial charge is 0.191 e. The Balaban J connectivity index is 0.00000242. The lowest BCUT2D eigenvalue weighted by atomic mass is 9.51. The number of nitrogens with zero attached hydrogens (tertiary/aromatic N) is 1. The van der Waals surface area contributed by atoms with Gasteiger partial charge in [-0.1, -0.05) is 6.42 Å². The van der Waals surface area contributed by atoms with Gasteiger partial charge in [-0.3, -0.25) is 4.99 Å². The fraction of sp³-hybridized carbons (Fsp3) is 0.938. The lowest BCUT2D eigenvalue weighted by molar-refractivity contribution is -0.168. The largest absolute Gasteiger partial charge is 0.378 e. The Labute approximate surface area is 157 Å². The monoisotopic (exact) mass is 441 g/mol. The standard InChI is InChI=1S/C16H31N3OS.HI/c1-4-20-14-12-13(16(14)8-7-9-16)19-15(17-2)18-10-5-6-11-21-3;/h13-14H,4-12H2,1-3H3,(H2,17,18,19);1H. The maximum absolute atomic E-state index is 5.90. The second-order valence-corrected chi connectivity index (χ2v) is 7.15. The van der Waals surface area contributed by atoms with Crippen LogP contribution in [0.3, 0.4) is 0 Å². The van der Waals surface area contributed by atoms with Crippen molar-refractivity contribution in [3.8, 4) is 0 Å². The third-order valence-corrected chi connectivity index (χ3v) is 5.74. The van der Waals surface area contributed by atoms with Gasteiger partial charge in [0.05, 0.1) is 6.10 Å². The van der Waals surface area contributed by atoms with Crippen molar-refractivity contribution in [3.63, 3.8) is 0 Å². The molecule has 2 aliphatic rings. The number of nitrogens with one attached hydrogen (secondary N) is 2. The zero-order chi connectivity index (χ0) is 15.1. The minimum Gasteiger partial charge on any atom is -0.378 e. The molecule has 2 unspecified atom stereocenters. The van der Waals surface area contributed by atoms with Gasteiger partial charge in [-0.2, -0.15) is 11.8 Å². The molecule has 0 aromatic heterocycles. The van der Waals surface area contributed by atoms with Gasteiger partial charge in [0.25, 0.3) is 0 Å². The van der Waals surface area contributed by atoms with Gasteiger partial charge in [-0.05, 0) is 51.0 Å². The summed E-state index contributed by atoms with van der Waals surface area (Å²) in [7, 11) is 1.86. The topological polar surface area (TPSA) is 45.6 Å². The van der Waals surface area contributed by atoms with Crippen LogP contribution in [0, 0.1) is 5.41 Å². The molecule has 0 aromatic carbocycles. The molecule has 0 aromatic rings. The third kappa shape index (κ3) is 4.66. The zero-order valence-electron chi connectivity index (χ0n) is 14.2. The summed E-state index contributed by atoms with van der Waals surface area (Å²) >= 11 is 1.92. The lowest BCUT2D eigenvalue weighted by Gasteiger charge is -2.61. The molecule has 0 radical (unpaired) electrons. The molecule has 6 heteroatoms. The Morgan fingerprint density at radius 1 is 1.36 bits per heavy atom. The van der Waals surface area contributed by atoms with Gasteiger partial charge in [-0.15, -0.1) is 24.0 Å². The van der Waals surface area contributed by atoms with Crippen molar-refractivity contribution in [1.82, 2.24) is 10.6 Å². The highest BCUT2D eigenvalue weighted by molar-refractivity contribution is 14.0. The number of hydrogen-bond donors (Lipinski definition) is 2. The Bertz CT molecular complexity index is 350. The van der Waals surface area contributed by atoms with Crippen molar-refractivity contribution in [1.29, 1.82) is 0 Å². The molecule has 22 heavy (non-hydrogen) atoms. The van der Waals surface area contributed by atoms with Crippen LogP contribution in [0.2, 0.25) is 0 Å². The van der Waals surface area contributed by atoms with Crippen molar-refractivity contribution in [2.75, 3.05) is 32.2 Å². The Kier molecular flexibility index (Phi) is 9.47. The zero-order valence-corrected chi connectivity index (χ0v) is 17.3. The van der Waals surface area contributed by atoms with E-state index in [2.05, 4.69) is 28.8 Å². The second kappa shape index (κ2) is 10.2. The number of guanidine groups is 1. The fourth-order valence-electron chi connectivity index (χ4n) is 3.58. The first-order valence-electron chi connectivity index (χ1n) is 8.34. The summed E-state index contributed by atoms with van der Waals surface area (Å²) in [6, 6.07) is 0.542. The molecule has 0 heterocycles. The maximum atomic E-state index is 5.90. The van der Waals surface area contributed by atoms with E-state index in [1.54, 1.807) is 0 Å². The molecule has 2 aliphatic carbocycles. The fourth-order valence-corrected chi connectivity index (χ4v) is 4.07. The SMILES string of the molecule is CCOC1CC(NC(=NC)NCCCCSC)C12CCC2.I. The highest BCUT2D eigenvalue weighted by Crippen LogP contribution is 2.57. The average molecular weight is 441 g/mol. The van der Waals surface area contributed by atoms with Crippen LogP contribution in [0.15, 0.2) is 4.99 Å². The van der Waals surface area contributed by atoms with Crippen LogP contribution in [0.1, 0.15) is 45.4 Å². The van der Waals surface area contributed by atoms with E-state index >= 15 is 0 Å². The van der Waals surface area contributed by atoms with E-state index in [1.165, 1.54) is 37.9 Å². The second-order valence-electron chi connectivity index (χ2n) is 6.16. The number of unbranched alkanes of at least 4 members (excludes halogenated alkanes) is 1. The van der Waals surface area contributed by atoms with Crippen LogP contribution < -0.4 is 10.6 Å². The van der Waals surface area contributed by atoms with Crippen molar-refractivity contribution >= 4 is 41.7 Å². The normalized spacial score (nSPS) is 25.9. The van der Waals surface area contributed by atoms with Crippen LogP contribution in [0.4, 0.5) is 0 Å². The summed E-state index contributed by atoms with van der Waals surface area (Å²) in [6.07, 6.45) is 10.2. The average Bonchev–Trinajstić information content (AvgIpc) is 2.42. The van der Waals surface area contributed by atoms with Gasteiger partial charge in [0.15, 0.2) is 5.96 Å². The minimum absolute atomic E-state index is 0. The number of ether oxygens (including phenoxy) is 1. The molecule has 130 valence electrons. The highest BCUT2D eigenvalue weighted by atomic mass is 127. The molecule has 0 bridgehead atoms. The van der Waals surface area contributed by atoms with Crippen molar-refractivity contribution in [2.24, 2.45) is 10.4 Å². The summed E-state index contributed by atoms with van der Waals surface area (Å²) in [4.78, 5) is 4.37. The molecule has 2 fully saturated rings. The molecule has 0 saturated heterocycles. The van der Waals surface area contributed by atoms with Crippen molar-refractivity contribution in [2.45, 2.75) is 57.6 Å². The lowest BCUT2D eigenvalue weighted by Crippen LogP contribution is -2.68. The number of hydrogen-bond acceptors (Lipinski definition) is 3. The molecule has 0 aliphatic heterocycles. The van der Waals surface area contributed by atoms with E-state index in [4.69, 9.17) is 4.74 Å². The maximum Gasteiger partial charge on any atom is 0.191 e.